The molecule has 1 aliphatic rings. The first-order chi connectivity index (χ1) is 7.78. The minimum Gasteiger partial charge on any atom is -0.462 e. The largest absolute Gasteiger partial charge is 0.462 e. The van der Waals surface area contributed by atoms with Gasteiger partial charge in [-0.25, -0.2) is 0 Å². The zero-order chi connectivity index (χ0) is 13.5. The number of ether oxygens (including phenoxy) is 1. The molecule has 1 fully saturated rings. The lowest BCUT2D eigenvalue weighted by Gasteiger charge is -2.27. The van der Waals surface area contributed by atoms with Crippen molar-refractivity contribution >= 4 is 23.7 Å². The van der Waals surface area contributed by atoms with Gasteiger partial charge in [-0.15, -0.1) is 0 Å². The molecule has 1 aliphatic heterocycles. The van der Waals surface area contributed by atoms with Crippen molar-refractivity contribution in [1.82, 2.24) is 5.32 Å². The standard InChI is InChI=1S/C6H12N2OS.C5H10O2/c7-6(10)4-3-8-2-1-5(4)9;1-5(2,3)7-4-6/h4-5,8-9H,1-3H2,(H2,7,10);4H,1-3H3. The summed E-state index contributed by atoms with van der Waals surface area (Å²) in [4.78, 5) is 10.0. The van der Waals surface area contributed by atoms with Gasteiger partial charge >= 0.3 is 0 Å². The summed E-state index contributed by atoms with van der Waals surface area (Å²) >= 11 is 4.77. The second-order valence-electron chi connectivity index (χ2n) is 4.90. The third-order valence-corrected chi connectivity index (χ3v) is 2.52. The van der Waals surface area contributed by atoms with Crippen LogP contribution in [0.2, 0.25) is 0 Å². The predicted octanol–water partition coefficient (Wildman–Crippen LogP) is 0.201. The zero-order valence-corrected chi connectivity index (χ0v) is 11.4. The van der Waals surface area contributed by atoms with E-state index in [2.05, 4.69) is 10.1 Å². The van der Waals surface area contributed by atoms with Gasteiger partial charge in [0.25, 0.3) is 6.47 Å². The summed E-state index contributed by atoms with van der Waals surface area (Å²) in [6.07, 6.45) is 0.417. The van der Waals surface area contributed by atoms with Crippen LogP contribution in [0.15, 0.2) is 0 Å². The molecule has 1 saturated heterocycles. The van der Waals surface area contributed by atoms with Crippen molar-refractivity contribution in [2.45, 2.75) is 38.9 Å². The lowest BCUT2D eigenvalue weighted by Crippen LogP contribution is -2.45. The van der Waals surface area contributed by atoms with Gasteiger partial charge in [-0.1, -0.05) is 12.2 Å². The van der Waals surface area contributed by atoms with E-state index in [0.717, 1.165) is 19.5 Å². The minimum atomic E-state index is -0.334. The molecule has 0 aromatic heterocycles. The number of piperidine rings is 1. The predicted molar refractivity (Wildman–Crippen MR) is 70.7 cm³/mol. The summed E-state index contributed by atoms with van der Waals surface area (Å²) in [7, 11) is 0. The molecule has 2 unspecified atom stereocenters. The quantitative estimate of drug-likeness (QED) is 0.487. The molecule has 1 rings (SSSR count). The summed E-state index contributed by atoms with van der Waals surface area (Å²) in [5.41, 5.74) is 5.07. The number of thiocarbonyl (C=S) groups is 1. The fourth-order valence-electron chi connectivity index (χ4n) is 1.28. The van der Waals surface area contributed by atoms with Crippen molar-refractivity contribution in [3.8, 4) is 0 Å². The highest BCUT2D eigenvalue weighted by Gasteiger charge is 2.24. The third-order valence-electron chi connectivity index (χ3n) is 2.21. The third kappa shape index (κ3) is 8.06. The van der Waals surface area contributed by atoms with Gasteiger partial charge in [-0.3, -0.25) is 4.79 Å². The van der Waals surface area contributed by atoms with Gasteiger partial charge in [-0.05, 0) is 33.7 Å². The summed E-state index contributed by atoms with van der Waals surface area (Å²) in [6.45, 7) is 7.50. The molecule has 0 saturated carbocycles. The molecule has 4 N–H and O–H groups in total. The Labute approximate surface area is 108 Å². The summed E-state index contributed by atoms with van der Waals surface area (Å²) < 4.78 is 4.55. The number of hydrogen-bond donors (Lipinski definition) is 3. The monoisotopic (exact) mass is 262 g/mol. The highest BCUT2D eigenvalue weighted by Crippen LogP contribution is 2.10. The van der Waals surface area contributed by atoms with Crippen LogP contribution >= 0.6 is 12.2 Å². The zero-order valence-electron chi connectivity index (χ0n) is 10.6. The van der Waals surface area contributed by atoms with Crippen LogP contribution in [-0.4, -0.2) is 41.4 Å². The summed E-state index contributed by atoms with van der Waals surface area (Å²) in [5, 5.41) is 12.5. The highest BCUT2D eigenvalue weighted by molar-refractivity contribution is 7.80. The Balaban J connectivity index is 0.000000325. The molecule has 0 radical (unpaired) electrons. The van der Waals surface area contributed by atoms with Crippen LogP contribution in [0, 0.1) is 5.92 Å². The number of rotatable bonds is 2. The van der Waals surface area contributed by atoms with Gasteiger partial charge in [0.2, 0.25) is 0 Å². The van der Waals surface area contributed by atoms with Crippen molar-refractivity contribution in [3.63, 3.8) is 0 Å². The maximum Gasteiger partial charge on any atom is 0.293 e. The fourth-order valence-corrected chi connectivity index (χ4v) is 1.52. The van der Waals surface area contributed by atoms with Crippen LogP contribution in [0.3, 0.4) is 0 Å². The van der Waals surface area contributed by atoms with Crippen LogP contribution in [0.5, 0.6) is 0 Å². The Bertz CT molecular complexity index is 254. The molecular formula is C11H22N2O3S. The molecule has 0 spiro atoms. The molecule has 0 aromatic rings. The Morgan fingerprint density at radius 3 is 2.41 bits per heavy atom. The number of hydrogen-bond acceptors (Lipinski definition) is 5. The first kappa shape index (κ1) is 16.3. The fraction of sp³-hybridized carbons (Fsp3) is 0.818. The van der Waals surface area contributed by atoms with Gasteiger partial charge in [-0.2, -0.15) is 0 Å². The lowest BCUT2D eigenvalue weighted by molar-refractivity contribution is -0.138. The number of carbonyl (C=O) groups excluding carboxylic acids is 1. The molecule has 6 heteroatoms. The minimum absolute atomic E-state index is 0.0243. The Hall–Kier alpha value is -0.720. The normalized spacial score (nSPS) is 24.2. The maximum absolute atomic E-state index is 9.60. The van der Waals surface area contributed by atoms with Crippen molar-refractivity contribution < 1.29 is 14.6 Å². The number of carbonyl (C=O) groups is 1. The number of nitrogens with one attached hydrogen (secondary N) is 1. The van der Waals surface area contributed by atoms with Crippen molar-refractivity contribution in [3.05, 3.63) is 0 Å². The van der Waals surface area contributed by atoms with Crippen LogP contribution < -0.4 is 11.1 Å². The van der Waals surface area contributed by atoms with E-state index in [-0.39, 0.29) is 17.6 Å². The SMILES string of the molecule is CC(C)(C)OC=O.NC(=S)C1CNCCC1O. The van der Waals surface area contributed by atoms with E-state index in [1.54, 1.807) is 0 Å². The Kier molecular flexibility index (Phi) is 7.26. The Morgan fingerprint density at radius 1 is 1.59 bits per heavy atom. The van der Waals surface area contributed by atoms with Gasteiger partial charge in [0.15, 0.2) is 0 Å². The molecule has 2 atom stereocenters. The molecule has 0 bridgehead atoms. The average molecular weight is 262 g/mol. The van der Waals surface area contributed by atoms with Crippen LogP contribution in [-0.2, 0) is 9.53 Å². The van der Waals surface area contributed by atoms with Crippen LogP contribution in [0.1, 0.15) is 27.2 Å². The molecule has 5 nitrogen and oxygen atoms in total. The first-order valence-electron chi connectivity index (χ1n) is 5.57. The highest BCUT2D eigenvalue weighted by atomic mass is 32.1. The maximum atomic E-state index is 9.60. The van der Waals surface area contributed by atoms with E-state index < -0.39 is 0 Å². The first-order valence-corrected chi connectivity index (χ1v) is 5.98. The molecule has 0 aromatic carbocycles. The Morgan fingerprint density at radius 2 is 2.18 bits per heavy atom. The summed E-state index contributed by atoms with van der Waals surface area (Å²) in [6, 6.07) is 0. The van der Waals surface area contributed by atoms with Gasteiger partial charge in [0.05, 0.1) is 11.1 Å². The van der Waals surface area contributed by atoms with E-state index in [1.165, 1.54) is 0 Å². The lowest BCUT2D eigenvalue weighted by atomic mass is 9.96. The second kappa shape index (κ2) is 7.58. The molecule has 0 aliphatic carbocycles. The van der Waals surface area contributed by atoms with Crippen molar-refractivity contribution in [1.29, 1.82) is 0 Å². The molecule has 0 amide bonds. The van der Waals surface area contributed by atoms with Crippen molar-refractivity contribution in [2.75, 3.05) is 13.1 Å². The van der Waals surface area contributed by atoms with E-state index in [9.17, 15) is 9.90 Å². The van der Waals surface area contributed by atoms with E-state index in [0.29, 0.717) is 11.5 Å². The number of aliphatic hydroxyl groups excluding tert-OH is 1. The molecule has 17 heavy (non-hydrogen) atoms. The summed E-state index contributed by atoms with van der Waals surface area (Å²) in [5.74, 6) is -0.0243. The number of aliphatic hydroxyl groups is 1. The van der Waals surface area contributed by atoms with E-state index in [1.807, 2.05) is 20.8 Å². The second-order valence-corrected chi connectivity index (χ2v) is 5.37. The average Bonchev–Trinajstić information content (AvgIpc) is 2.16. The van der Waals surface area contributed by atoms with E-state index >= 15 is 0 Å². The van der Waals surface area contributed by atoms with Crippen LogP contribution in [0.4, 0.5) is 0 Å². The van der Waals surface area contributed by atoms with Crippen molar-refractivity contribution in [2.24, 2.45) is 11.7 Å². The van der Waals surface area contributed by atoms with E-state index in [4.69, 9.17) is 18.0 Å². The van der Waals surface area contributed by atoms with Gasteiger partial charge in [0.1, 0.15) is 5.60 Å². The smallest absolute Gasteiger partial charge is 0.293 e. The number of nitrogens with two attached hydrogens (primary N) is 1. The van der Waals surface area contributed by atoms with Gasteiger partial charge in [0, 0.05) is 12.5 Å². The van der Waals surface area contributed by atoms with Crippen LogP contribution in [0.25, 0.3) is 0 Å². The molecule has 1 heterocycles. The van der Waals surface area contributed by atoms with Gasteiger partial charge < -0.3 is 20.9 Å². The molecular weight excluding hydrogens is 240 g/mol. The topological polar surface area (TPSA) is 84.6 Å². The molecule has 100 valence electrons.